The van der Waals surface area contributed by atoms with Crippen LogP contribution in [-0.4, -0.2) is 27.0 Å². The van der Waals surface area contributed by atoms with Gasteiger partial charge in [0.05, 0.1) is 27.7 Å². The highest BCUT2D eigenvalue weighted by Crippen LogP contribution is 2.26. The molecule has 0 saturated carbocycles. The number of halogens is 2. The highest BCUT2D eigenvalue weighted by atomic mass is 79.9. The van der Waals surface area contributed by atoms with Crippen molar-refractivity contribution in [3.63, 3.8) is 0 Å². The van der Waals surface area contributed by atoms with Gasteiger partial charge >= 0.3 is 5.97 Å². The Hall–Kier alpha value is -3.49. The molecule has 34 heavy (non-hydrogen) atoms. The summed E-state index contributed by atoms with van der Waals surface area (Å²) in [5.74, 6) is 0.0502. The molecule has 0 fully saturated rings. The lowest BCUT2D eigenvalue weighted by Crippen LogP contribution is -2.22. The van der Waals surface area contributed by atoms with Gasteiger partial charge in [-0.3, -0.25) is 4.79 Å². The molecule has 4 aromatic rings. The largest absolute Gasteiger partial charge is 0.487 e. The van der Waals surface area contributed by atoms with Crippen LogP contribution in [0.5, 0.6) is 5.75 Å². The zero-order valence-electron chi connectivity index (χ0n) is 18.0. The zero-order chi connectivity index (χ0) is 24.2. The smallest absolute Gasteiger partial charge is 0.335 e. The van der Waals surface area contributed by atoms with E-state index < -0.39 is 5.97 Å². The molecule has 3 aromatic carbocycles. The van der Waals surface area contributed by atoms with Gasteiger partial charge in [0.1, 0.15) is 18.2 Å². The number of hydrogen-bond donors (Lipinski definition) is 1. The Morgan fingerprint density at radius 1 is 1.18 bits per heavy atom. The Balaban J connectivity index is 1.54. The fourth-order valence-corrected chi connectivity index (χ4v) is 3.89. The molecule has 0 aliphatic heterocycles. The van der Waals surface area contributed by atoms with Crippen molar-refractivity contribution in [3.05, 3.63) is 103 Å². The van der Waals surface area contributed by atoms with E-state index in [9.17, 15) is 9.59 Å². The number of fused-ring (bicyclic) bond motifs is 1. The molecule has 0 radical (unpaired) electrons. The van der Waals surface area contributed by atoms with E-state index in [-0.39, 0.29) is 17.7 Å². The standard InChI is InChI=1S/C25H19BrClN3O4/c1-2-23-29-21-9-8-18(26)12-19(21)24(31)30(23)28-13-16-5-10-22(20(27)11-16)34-14-15-3-6-17(7-4-15)25(32)33/h3-13H,2,14H2,1H3,(H,32,33). The average Bonchev–Trinajstić information content (AvgIpc) is 2.83. The summed E-state index contributed by atoms with van der Waals surface area (Å²) in [6, 6.07) is 17.0. The van der Waals surface area contributed by atoms with Crippen LogP contribution in [0.4, 0.5) is 0 Å². The minimum Gasteiger partial charge on any atom is -0.487 e. The molecule has 0 atom stereocenters. The van der Waals surface area contributed by atoms with E-state index >= 15 is 0 Å². The fourth-order valence-electron chi connectivity index (χ4n) is 3.29. The minimum atomic E-state index is -0.978. The first-order valence-corrected chi connectivity index (χ1v) is 11.5. The van der Waals surface area contributed by atoms with Crippen LogP contribution in [0.25, 0.3) is 10.9 Å². The fraction of sp³-hybridized carbons (Fsp3) is 0.120. The van der Waals surface area contributed by atoms with Crippen molar-refractivity contribution in [1.82, 2.24) is 9.66 Å². The third-order valence-corrected chi connectivity index (χ3v) is 5.85. The predicted octanol–water partition coefficient (Wildman–Crippen LogP) is 5.53. The van der Waals surface area contributed by atoms with E-state index in [0.717, 1.165) is 10.0 Å². The van der Waals surface area contributed by atoms with Crippen LogP contribution < -0.4 is 10.3 Å². The third kappa shape index (κ3) is 5.18. The molecule has 1 N–H and O–H groups in total. The van der Waals surface area contributed by atoms with Crippen molar-refractivity contribution in [2.75, 3.05) is 0 Å². The molecule has 0 saturated heterocycles. The van der Waals surface area contributed by atoms with Gasteiger partial charge in [0, 0.05) is 10.9 Å². The molecule has 0 spiro atoms. The summed E-state index contributed by atoms with van der Waals surface area (Å²) < 4.78 is 7.85. The highest BCUT2D eigenvalue weighted by molar-refractivity contribution is 9.10. The number of aromatic carboxylic acids is 1. The maximum Gasteiger partial charge on any atom is 0.335 e. The first-order valence-electron chi connectivity index (χ1n) is 10.4. The molecule has 0 bridgehead atoms. The second-order valence-corrected chi connectivity index (χ2v) is 8.71. The average molecular weight is 541 g/mol. The number of rotatable bonds is 7. The topological polar surface area (TPSA) is 93.8 Å². The van der Waals surface area contributed by atoms with Gasteiger partial charge in [-0.25, -0.2) is 9.78 Å². The van der Waals surface area contributed by atoms with Crippen molar-refractivity contribution >= 4 is 50.6 Å². The summed E-state index contributed by atoms with van der Waals surface area (Å²) in [5.41, 5.74) is 2.09. The summed E-state index contributed by atoms with van der Waals surface area (Å²) in [6.45, 7) is 2.15. The number of carboxylic acid groups (broad SMARTS) is 1. The number of aromatic nitrogens is 2. The van der Waals surface area contributed by atoms with Crippen molar-refractivity contribution < 1.29 is 14.6 Å². The van der Waals surface area contributed by atoms with Gasteiger partial charge in [0.15, 0.2) is 0 Å². The number of aryl methyl sites for hydroxylation is 1. The number of carboxylic acids is 1. The molecule has 0 unspecified atom stereocenters. The maximum atomic E-state index is 13.0. The second-order valence-electron chi connectivity index (χ2n) is 7.39. The zero-order valence-corrected chi connectivity index (χ0v) is 20.4. The van der Waals surface area contributed by atoms with E-state index in [1.54, 1.807) is 48.7 Å². The monoisotopic (exact) mass is 539 g/mol. The summed E-state index contributed by atoms with van der Waals surface area (Å²) in [5, 5.41) is 14.2. The summed E-state index contributed by atoms with van der Waals surface area (Å²) in [6.07, 6.45) is 2.09. The van der Waals surface area contributed by atoms with Gasteiger partial charge in [0.2, 0.25) is 0 Å². The van der Waals surface area contributed by atoms with Crippen molar-refractivity contribution in [2.24, 2.45) is 5.10 Å². The van der Waals surface area contributed by atoms with Gasteiger partial charge < -0.3 is 9.84 Å². The first-order chi connectivity index (χ1) is 16.4. The molecule has 1 aromatic heterocycles. The lowest BCUT2D eigenvalue weighted by atomic mass is 10.1. The van der Waals surface area contributed by atoms with E-state index in [1.807, 2.05) is 13.0 Å². The minimum absolute atomic E-state index is 0.213. The summed E-state index contributed by atoms with van der Waals surface area (Å²) in [7, 11) is 0. The van der Waals surface area contributed by atoms with Gasteiger partial charge in [-0.15, -0.1) is 0 Å². The lowest BCUT2D eigenvalue weighted by Gasteiger charge is -2.09. The Kier molecular flexibility index (Phi) is 7.09. The maximum absolute atomic E-state index is 13.0. The van der Waals surface area contributed by atoms with Crippen LogP contribution in [0.2, 0.25) is 5.02 Å². The van der Waals surface area contributed by atoms with Crippen LogP contribution in [0, 0.1) is 0 Å². The second kappa shape index (κ2) is 10.2. The first kappa shape index (κ1) is 23.7. The number of carbonyl (C=O) groups is 1. The van der Waals surface area contributed by atoms with E-state index in [2.05, 4.69) is 26.0 Å². The van der Waals surface area contributed by atoms with Crippen molar-refractivity contribution in [3.8, 4) is 5.75 Å². The Morgan fingerprint density at radius 2 is 1.94 bits per heavy atom. The Labute approximate surface area is 208 Å². The van der Waals surface area contributed by atoms with Crippen LogP contribution in [0.1, 0.15) is 34.2 Å². The molecule has 1 heterocycles. The Bertz CT molecular complexity index is 1470. The van der Waals surface area contributed by atoms with Gasteiger partial charge in [-0.05, 0) is 59.7 Å². The molecular weight excluding hydrogens is 522 g/mol. The van der Waals surface area contributed by atoms with Crippen molar-refractivity contribution in [2.45, 2.75) is 20.0 Å². The van der Waals surface area contributed by atoms with Crippen molar-refractivity contribution in [1.29, 1.82) is 0 Å². The molecule has 172 valence electrons. The van der Waals surface area contributed by atoms with E-state index in [1.165, 1.54) is 16.8 Å². The number of benzene rings is 3. The summed E-state index contributed by atoms with van der Waals surface area (Å²) in [4.78, 5) is 28.5. The predicted molar refractivity (Wildman–Crippen MR) is 135 cm³/mol. The van der Waals surface area contributed by atoms with Crippen LogP contribution in [-0.2, 0) is 13.0 Å². The highest BCUT2D eigenvalue weighted by Gasteiger charge is 2.10. The van der Waals surface area contributed by atoms with Crippen LogP contribution >= 0.6 is 27.5 Å². The van der Waals surface area contributed by atoms with E-state index in [0.29, 0.717) is 39.5 Å². The third-order valence-electron chi connectivity index (χ3n) is 5.07. The molecule has 0 aliphatic rings. The number of hydrogen-bond acceptors (Lipinski definition) is 5. The van der Waals surface area contributed by atoms with Gasteiger partial charge in [-0.1, -0.05) is 46.6 Å². The molecule has 7 nitrogen and oxygen atoms in total. The Morgan fingerprint density at radius 3 is 2.62 bits per heavy atom. The molecule has 4 rings (SSSR count). The normalized spacial score (nSPS) is 11.3. The van der Waals surface area contributed by atoms with Crippen LogP contribution in [0.15, 0.2) is 75.0 Å². The van der Waals surface area contributed by atoms with Crippen LogP contribution in [0.3, 0.4) is 0 Å². The van der Waals surface area contributed by atoms with E-state index in [4.69, 9.17) is 21.4 Å². The molecular formula is C25H19BrClN3O4. The molecule has 9 heteroatoms. The number of nitrogens with zero attached hydrogens (tertiary/aromatic N) is 3. The molecule has 0 amide bonds. The van der Waals surface area contributed by atoms with Gasteiger partial charge in [0.25, 0.3) is 5.56 Å². The van der Waals surface area contributed by atoms with Gasteiger partial charge in [-0.2, -0.15) is 9.78 Å². The quantitative estimate of drug-likeness (QED) is 0.311. The molecule has 0 aliphatic carbocycles. The summed E-state index contributed by atoms with van der Waals surface area (Å²) >= 11 is 9.77. The lowest BCUT2D eigenvalue weighted by molar-refractivity contribution is 0.0697. The SMILES string of the molecule is CCc1nc2ccc(Br)cc2c(=O)n1N=Cc1ccc(OCc2ccc(C(=O)O)cc2)c(Cl)c1. The number of ether oxygens (including phenoxy) is 1.